The predicted molar refractivity (Wildman–Crippen MR) is 82.7 cm³/mol. The Morgan fingerprint density at radius 3 is 2.78 bits per heavy atom. The second-order valence-corrected chi connectivity index (χ2v) is 7.43. The number of rotatable bonds is 3. The van der Waals surface area contributed by atoms with Crippen LogP contribution in [0.5, 0.6) is 5.75 Å². The number of carbonyl (C=O) groups is 1. The van der Waals surface area contributed by atoms with Crippen molar-refractivity contribution in [2.75, 3.05) is 6.54 Å². The standard InChI is InChI=1S/C16H19F2NO3S/c1-16(2)14(21)13(19-7-3-4-12(19)20)10-8-9(23-15(17)18)5-6-11(10)22-16/h5-6,8,13-15,21H,3-4,7H2,1-2H3/t13-,14+/m1/s1. The molecule has 0 radical (unpaired) electrons. The van der Waals surface area contributed by atoms with Gasteiger partial charge < -0.3 is 14.7 Å². The number of fused-ring (bicyclic) bond motifs is 1. The average Bonchev–Trinajstić information content (AvgIpc) is 2.86. The number of aliphatic hydroxyl groups excluding tert-OH is 1. The molecule has 2 aliphatic rings. The van der Waals surface area contributed by atoms with E-state index in [-0.39, 0.29) is 5.91 Å². The molecule has 1 saturated heterocycles. The van der Waals surface area contributed by atoms with E-state index < -0.39 is 23.5 Å². The maximum absolute atomic E-state index is 12.6. The zero-order valence-corrected chi connectivity index (χ0v) is 13.8. The second-order valence-electron chi connectivity index (χ2n) is 6.36. The third kappa shape index (κ3) is 3.04. The minimum absolute atomic E-state index is 0.0235. The first kappa shape index (κ1) is 16.5. The van der Waals surface area contributed by atoms with Gasteiger partial charge in [0.1, 0.15) is 17.5 Å². The van der Waals surface area contributed by atoms with Crippen LogP contribution in [0.1, 0.15) is 38.3 Å². The molecule has 0 saturated carbocycles. The molecule has 1 N–H and O–H groups in total. The Balaban J connectivity index is 2.05. The molecule has 126 valence electrons. The minimum Gasteiger partial charge on any atom is -0.485 e. The van der Waals surface area contributed by atoms with E-state index in [0.29, 0.717) is 40.9 Å². The second kappa shape index (κ2) is 5.94. The quantitative estimate of drug-likeness (QED) is 0.857. The summed E-state index contributed by atoms with van der Waals surface area (Å²) < 4.78 is 31.1. The molecule has 4 nitrogen and oxygen atoms in total. The van der Waals surface area contributed by atoms with Gasteiger partial charge in [-0.15, -0.1) is 0 Å². The lowest BCUT2D eigenvalue weighted by molar-refractivity contribution is -0.139. The number of aliphatic hydroxyl groups is 1. The molecule has 2 heterocycles. The zero-order chi connectivity index (χ0) is 16.8. The molecule has 0 bridgehead atoms. The van der Waals surface area contributed by atoms with Crippen molar-refractivity contribution in [2.45, 2.75) is 55.1 Å². The highest BCUT2D eigenvalue weighted by molar-refractivity contribution is 7.99. The Bertz CT molecular complexity index is 623. The lowest BCUT2D eigenvalue weighted by Gasteiger charge is -2.45. The molecule has 0 aliphatic carbocycles. The average molecular weight is 343 g/mol. The van der Waals surface area contributed by atoms with Crippen LogP contribution in [0.25, 0.3) is 0 Å². The van der Waals surface area contributed by atoms with Crippen LogP contribution in [-0.2, 0) is 4.79 Å². The van der Waals surface area contributed by atoms with E-state index in [1.165, 1.54) is 0 Å². The number of hydrogen-bond acceptors (Lipinski definition) is 4. The zero-order valence-electron chi connectivity index (χ0n) is 13.0. The van der Waals surface area contributed by atoms with Crippen molar-refractivity contribution < 1.29 is 23.4 Å². The van der Waals surface area contributed by atoms with E-state index in [9.17, 15) is 18.7 Å². The van der Waals surface area contributed by atoms with Crippen molar-refractivity contribution in [1.82, 2.24) is 4.90 Å². The van der Waals surface area contributed by atoms with E-state index in [2.05, 4.69) is 0 Å². The summed E-state index contributed by atoms with van der Waals surface area (Å²) in [4.78, 5) is 14.2. The highest BCUT2D eigenvalue weighted by Gasteiger charge is 2.47. The Morgan fingerprint density at radius 2 is 2.17 bits per heavy atom. The number of likely N-dealkylation sites (tertiary alicyclic amines) is 1. The van der Waals surface area contributed by atoms with Crippen molar-refractivity contribution in [2.24, 2.45) is 0 Å². The molecule has 1 fully saturated rings. The maximum atomic E-state index is 12.6. The SMILES string of the molecule is CC1(C)Oc2ccc(SC(F)F)cc2[C@@H](N2CCCC2=O)[C@@H]1O. The number of ether oxygens (including phenoxy) is 1. The Kier molecular flexibility index (Phi) is 4.27. The fourth-order valence-electron chi connectivity index (χ4n) is 3.22. The molecule has 3 rings (SSSR count). The van der Waals surface area contributed by atoms with Gasteiger partial charge >= 0.3 is 0 Å². The molecule has 0 unspecified atom stereocenters. The predicted octanol–water partition coefficient (Wildman–Crippen LogP) is 3.20. The third-order valence-electron chi connectivity index (χ3n) is 4.36. The highest BCUT2D eigenvalue weighted by Crippen LogP contribution is 2.45. The molecular formula is C16H19F2NO3S. The summed E-state index contributed by atoms with van der Waals surface area (Å²) in [5.74, 6) is -2.01. The van der Waals surface area contributed by atoms with Crippen LogP contribution in [0.2, 0.25) is 0 Å². The fraction of sp³-hybridized carbons (Fsp3) is 0.562. The van der Waals surface area contributed by atoms with E-state index in [1.54, 1.807) is 36.9 Å². The number of benzene rings is 1. The first-order valence-corrected chi connectivity index (χ1v) is 8.43. The molecule has 1 amide bonds. The summed E-state index contributed by atoms with van der Waals surface area (Å²) in [5.41, 5.74) is -0.268. The Hall–Kier alpha value is -1.34. The number of halogens is 2. The van der Waals surface area contributed by atoms with E-state index in [4.69, 9.17) is 4.74 Å². The number of nitrogens with zero attached hydrogens (tertiary/aromatic N) is 1. The number of alkyl halides is 2. The Morgan fingerprint density at radius 1 is 1.43 bits per heavy atom. The van der Waals surface area contributed by atoms with Gasteiger partial charge in [0, 0.05) is 23.4 Å². The van der Waals surface area contributed by atoms with Crippen molar-refractivity contribution in [3.8, 4) is 5.75 Å². The van der Waals surface area contributed by atoms with Gasteiger partial charge in [-0.05, 0) is 38.5 Å². The minimum atomic E-state index is -2.52. The molecule has 0 aromatic heterocycles. The molecule has 0 spiro atoms. The largest absolute Gasteiger partial charge is 0.485 e. The molecule has 2 atom stereocenters. The van der Waals surface area contributed by atoms with Crippen LogP contribution >= 0.6 is 11.8 Å². The topological polar surface area (TPSA) is 49.8 Å². The molecule has 23 heavy (non-hydrogen) atoms. The molecule has 7 heteroatoms. The summed E-state index contributed by atoms with van der Waals surface area (Å²) in [6, 6.07) is 4.25. The summed E-state index contributed by atoms with van der Waals surface area (Å²) in [6.07, 6.45) is 0.263. The first-order valence-electron chi connectivity index (χ1n) is 7.55. The smallest absolute Gasteiger partial charge is 0.288 e. The van der Waals surface area contributed by atoms with E-state index >= 15 is 0 Å². The van der Waals surface area contributed by atoms with Gasteiger partial charge in [0.05, 0.1) is 6.04 Å². The highest BCUT2D eigenvalue weighted by atomic mass is 32.2. The van der Waals surface area contributed by atoms with Gasteiger partial charge in [0.25, 0.3) is 5.76 Å². The van der Waals surface area contributed by atoms with E-state index in [0.717, 1.165) is 6.42 Å². The Labute approximate surface area is 137 Å². The van der Waals surface area contributed by atoms with Gasteiger partial charge in [0.2, 0.25) is 5.91 Å². The fourth-order valence-corrected chi connectivity index (χ4v) is 3.77. The summed E-state index contributed by atoms with van der Waals surface area (Å²) in [5, 5.41) is 10.7. The van der Waals surface area contributed by atoms with Crippen LogP contribution in [0.15, 0.2) is 23.1 Å². The summed E-state index contributed by atoms with van der Waals surface area (Å²) in [6.45, 7) is 4.08. The van der Waals surface area contributed by atoms with Crippen molar-refractivity contribution in [1.29, 1.82) is 0 Å². The van der Waals surface area contributed by atoms with Gasteiger partial charge in [-0.1, -0.05) is 11.8 Å². The van der Waals surface area contributed by atoms with Crippen LogP contribution < -0.4 is 4.74 Å². The molecular weight excluding hydrogens is 324 g/mol. The number of hydrogen-bond donors (Lipinski definition) is 1. The van der Waals surface area contributed by atoms with Crippen molar-refractivity contribution in [3.63, 3.8) is 0 Å². The van der Waals surface area contributed by atoms with Crippen LogP contribution in [0.4, 0.5) is 8.78 Å². The molecule has 2 aliphatic heterocycles. The number of thioether (sulfide) groups is 1. The van der Waals surface area contributed by atoms with Crippen molar-refractivity contribution >= 4 is 17.7 Å². The summed E-state index contributed by atoms with van der Waals surface area (Å²) >= 11 is 0.444. The molecule has 1 aromatic rings. The number of amides is 1. The molecule has 1 aromatic carbocycles. The lowest BCUT2D eigenvalue weighted by atomic mass is 9.85. The number of carbonyl (C=O) groups excluding carboxylic acids is 1. The monoisotopic (exact) mass is 343 g/mol. The van der Waals surface area contributed by atoms with E-state index in [1.807, 2.05) is 0 Å². The van der Waals surface area contributed by atoms with Gasteiger partial charge in [-0.2, -0.15) is 8.78 Å². The van der Waals surface area contributed by atoms with Gasteiger partial charge in [-0.25, -0.2) is 0 Å². The third-order valence-corrected chi connectivity index (χ3v) is 5.06. The maximum Gasteiger partial charge on any atom is 0.288 e. The van der Waals surface area contributed by atoms with Gasteiger partial charge in [-0.3, -0.25) is 4.79 Å². The van der Waals surface area contributed by atoms with Crippen LogP contribution in [-0.4, -0.2) is 39.9 Å². The lowest BCUT2D eigenvalue weighted by Crippen LogP contribution is -2.53. The normalized spacial score (nSPS) is 26.3. The van der Waals surface area contributed by atoms with Crippen molar-refractivity contribution in [3.05, 3.63) is 23.8 Å². The first-order chi connectivity index (χ1) is 10.8. The van der Waals surface area contributed by atoms with Gasteiger partial charge in [0.15, 0.2) is 0 Å². The van der Waals surface area contributed by atoms with Crippen LogP contribution in [0, 0.1) is 0 Å². The van der Waals surface area contributed by atoms with Crippen LogP contribution in [0.3, 0.4) is 0 Å². The summed E-state index contributed by atoms with van der Waals surface area (Å²) in [7, 11) is 0.